The molecule has 0 spiro atoms. The Labute approximate surface area is 188 Å². The van der Waals surface area contributed by atoms with E-state index in [9.17, 15) is 26.0 Å². The van der Waals surface area contributed by atoms with Crippen LogP contribution in [0.1, 0.15) is 37.1 Å². The minimum absolute atomic E-state index is 0.135. The first-order valence-electron chi connectivity index (χ1n) is 10.3. The third-order valence-electron chi connectivity index (χ3n) is 5.60. The summed E-state index contributed by atoms with van der Waals surface area (Å²) in [6, 6.07) is 2.27. The smallest absolute Gasteiger partial charge is 0.243 e. The minimum Gasteiger partial charge on any atom is -0.384 e. The van der Waals surface area contributed by atoms with Crippen molar-refractivity contribution in [2.45, 2.75) is 44.3 Å². The maximum atomic E-state index is 14.5. The van der Waals surface area contributed by atoms with E-state index in [1.54, 1.807) is 13.0 Å². The van der Waals surface area contributed by atoms with Crippen molar-refractivity contribution in [2.75, 3.05) is 13.1 Å². The number of nitrogens with zero attached hydrogens (tertiary/aromatic N) is 3. The summed E-state index contributed by atoms with van der Waals surface area (Å²) in [4.78, 5) is 11.6. The van der Waals surface area contributed by atoms with Crippen LogP contribution in [0.2, 0.25) is 0 Å². The Bertz CT molecular complexity index is 1180. The van der Waals surface area contributed by atoms with Crippen molar-refractivity contribution in [3.05, 3.63) is 53.1 Å². The zero-order chi connectivity index (χ0) is 23.9. The highest BCUT2D eigenvalue weighted by Crippen LogP contribution is 2.37. The molecule has 1 aromatic heterocycles. The highest BCUT2D eigenvalue weighted by Gasteiger charge is 2.35. The van der Waals surface area contributed by atoms with Gasteiger partial charge in [-0.1, -0.05) is 5.16 Å². The predicted molar refractivity (Wildman–Crippen MR) is 113 cm³/mol. The SMILES string of the molecule is Cc1cnc([C@@H]2CC(N3CC[C@H](NS(=O)(=O)C(C)F)C3)=NO2)c(-c2c(F)cc(F)cc2F)c1. The monoisotopic (exact) mass is 486 g/mol. The van der Waals surface area contributed by atoms with Gasteiger partial charge in [0, 0.05) is 43.0 Å². The molecule has 2 aliphatic rings. The van der Waals surface area contributed by atoms with Crippen LogP contribution in [0.25, 0.3) is 11.1 Å². The number of oxime groups is 1. The summed E-state index contributed by atoms with van der Waals surface area (Å²) >= 11 is 0. The second kappa shape index (κ2) is 8.90. The van der Waals surface area contributed by atoms with E-state index in [-0.39, 0.29) is 24.2 Å². The topological polar surface area (TPSA) is 83.9 Å². The summed E-state index contributed by atoms with van der Waals surface area (Å²) in [5.41, 5.74) is -1.41. The number of aryl methyl sites for hydroxylation is 1. The molecule has 4 rings (SSSR count). The van der Waals surface area contributed by atoms with Crippen molar-refractivity contribution < 1.29 is 30.8 Å². The maximum Gasteiger partial charge on any atom is 0.243 e. The molecule has 7 nitrogen and oxygen atoms in total. The Kier molecular flexibility index (Phi) is 6.32. The lowest BCUT2D eigenvalue weighted by Gasteiger charge is -2.19. The molecule has 0 aliphatic carbocycles. The van der Waals surface area contributed by atoms with Crippen LogP contribution in [0.3, 0.4) is 0 Å². The van der Waals surface area contributed by atoms with E-state index in [1.165, 1.54) is 6.20 Å². The Morgan fingerprint density at radius 1 is 1.21 bits per heavy atom. The highest BCUT2D eigenvalue weighted by molar-refractivity contribution is 7.89. The second-order valence-corrected chi connectivity index (χ2v) is 10.1. The lowest BCUT2D eigenvalue weighted by molar-refractivity contribution is 0.0828. The fourth-order valence-electron chi connectivity index (χ4n) is 3.95. The number of likely N-dealkylation sites (tertiary alicyclic amines) is 1. The van der Waals surface area contributed by atoms with E-state index >= 15 is 0 Å². The summed E-state index contributed by atoms with van der Waals surface area (Å²) in [7, 11) is -4.06. The Hall–Kier alpha value is -2.73. The number of rotatable bonds is 5. The molecule has 33 heavy (non-hydrogen) atoms. The molecule has 1 unspecified atom stereocenters. The Morgan fingerprint density at radius 3 is 2.58 bits per heavy atom. The van der Waals surface area contributed by atoms with Gasteiger partial charge in [-0.25, -0.2) is 30.7 Å². The second-order valence-electron chi connectivity index (χ2n) is 8.13. The maximum absolute atomic E-state index is 14.5. The van der Waals surface area contributed by atoms with Crippen LogP contribution >= 0.6 is 0 Å². The number of hydrogen-bond acceptors (Lipinski definition) is 6. The van der Waals surface area contributed by atoms with Gasteiger partial charge in [0.1, 0.15) is 23.3 Å². The number of halogens is 4. The standard InChI is InChI=1S/C21H22F4N4O3S/c1-11-5-15(20-16(24)6-13(23)7-17(20)25)21(26-9-11)18-8-19(27-32-18)29-4-3-14(10-29)28-33(30,31)12(2)22/h5-7,9,12,14,18,28H,3-4,8,10H2,1-2H3/t12?,14-,18-/m0/s1. The highest BCUT2D eigenvalue weighted by atomic mass is 32.2. The van der Waals surface area contributed by atoms with Crippen molar-refractivity contribution in [2.24, 2.45) is 5.16 Å². The van der Waals surface area contributed by atoms with E-state index < -0.39 is 50.7 Å². The molecule has 2 aliphatic heterocycles. The van der Waals surface area contributed by atoms with Gasteiger partial charge in [0.2, 0.25) is 15.5 Å². The molecule has 0 amide bonds. The van der Waals surface area contributed by atoms with Gasteiger partial charge in [-0.15, -0.1) is 0 Å². The van der Waals surface area contributed by atoms with Gasteiger partial charge >= 0.3 is 0 Å². The van der Waals surface area contributed by atoms with Crippen molar-refractivity contribution in [1.82, 2.24) is 14.6 Å². The van der Waals surface area contributed by atoms with E-state index in [4.69, 9.17) is 4.84 Å². The van der Waals surface area contributed by atoms with Gasteiger partial charge < -0.3 is 9.74 Å². The van der Waals surface area contributed by atoms with Crippen LogP contribution in [0.15, 0.2) is 29.6 Å². The van der Waals surface area contributed by atoms with Crippen LogP contribution < -0.4 is 4.72 Å². The van der Waals surface area contributed by atoms with E-state index in [0.29, 0.717) is 36.5 Å². The normalized spacial score (nSPS) is 21.8. The summed E-state index contributed by atoms with van der Waals surface area (Å²) < 4.78 is 81.5. The van der Waals surface area contributed by atoms with Gasteiger partial charge in [0.25, 0.3) is 0 Å². The van der Waals surface area contributed by atoms with Crippen LogP contribution in [0.4, 0.5) is 17.6 Å². The van der Waals surface area contributed by atoms with Gasteiger partial charge in [0.15, 0.2) is 6.10 Å². The average Bonchev–Trinajstić information content (AvgIpc) is 3.36. The molecule has 1 saturated heterocycles. The summed E-state index contributed by atoms with van der Waals surface area (Å²) in [5, 5.41) is 4.06. The quantitative estimate of drug-likeness (QED) is 0.654. The molecule has 178 valence electrons. The summed E-state index contributed by atoms with van der Waals surface area (Å²) in [5.74, 6) is -2.63. The molecule has 2 aromatic rings. The molecule has 1 fully saturated rings. The van der Waals surface area contributed by atoms with Crippen LogP contribution in [-0.2, 0) is 14.9 Å². The molecule has 12 heteroatoms. The van der Waals surface area contributed by atoms with Gasteiger partial charge in [-0.3, -0.25) is 4.98 Å². The molecule has 3 atom stereocenters. The molecule has 0 radical (unpaired) electrons. The third-order valence-corrected chi connectivity index (χ3v) is 7.12. The number of pyridine rings is 1. The molecule has 3 heterocycles. The zero-order valence-electron chi connectivity index (χ0n) is 17.9. The zero-order valence-corrected chi connectivity index (χ0v) is 18.7. The van der Waals surface area contributed by atoms with E-state index in [1.807, 2.05) is 4.90 Å². The van der Waals surface area contributed by atoms with Crippen molar-refractivity contribution >= 4 is 15.9 Å². The first-order valence-corrected chi connectivity index (χ1v) is 11.8. The number of benzene rings is 1. The first kappa shape index (κ1) is 23.4. The lowest BCUT2D eigenvalue weighted by Crippen LogP contribution is -2.41. The third kappa shape index (κ3) is 4.81. The predicted octanol–water partition coefficient (Wildman–Crippen LogP) is 3.56. The van der Waals surface area contributed by atoms with Crippen molar-refractivity contribution in [3.63, 3.8) is 0 Å². The first-order chi connectivity index (χ1) is 15.5. The Morgan fingerprint density at radius 2 is 1.91 bits per heavy atom. The molecule has 0 bridgehead atoms. The van der Waals surface area contributed by atoms with Crippen molar-refractivity contribution in [3.8, 4) is 11.1 Å². The number of nitrogens with one attached hydrogen (secondary N) is 1. The summed E-state index contributed by atoms with van der Waals surface area (Å²) in [6.07, 6.45) is 1.46. The van der Waals surface area contributed by atoms with Gasteiger partial charge in [0.05, 0.1) is 17.7 Å². The van der Waals surface area contributed by atoms with Crippen LogP contribution in [-0.4, -0.2) is 48.8 Å². The number of amidine groups is 1. The number of aromatic nitrogens is 1. The summed E-state index contributed by atoms with van der Waals surface area (Å²) in [6.45, 7) is 3.41. The van der Waals surface area contributed by atoms with E-state index in [2.05, 4.69) is 14.9 Å². The number of sulfonamides is 1. The minimum atomic E-state index is -4.06. The number of hydrogen-bond donors (Lipinski definition) is 1. The molecule has 1 aromatic carbocycles. The van der Waals surface area contributed by atoms with Crippen LogP contribution in [0, 0.1) is 24.4 Å². The molecule has 0 saturated carbocycles. The average molecular weight is 486 g/mol. The molecular weight excluding hydrogens is 464 g/mol. The van der Waals surface area contributed by atoms with Gasteiger partial charge in [-0.2, -0.15) is 0 Å². The number of alkyl halides is 1. The molecular formula is C21H22F4N4O3S. The fourth-order valence-corrected chi connectivity index (χ4v) is 4.80. The Balaban J connectivity index is 1.53. The van der Waals surface area contributed by atoms with Crippen molar-refractivity contribution in [1.29, 1.82) is 0 Å². The van der Waals surface area contributed by atoms with Crippen LogP contribution in [0.5, 0.6) is 0 Å². The lowest BCUT2D eigenvalue weighted by atomic mass is 9.97. The van der Waals surface area contributed by atoms with E-state index in [0.717, 1.165) is 6.92 Å². The largest absolute Gasteiger partial charge is 0.384 e. The molecule has 1 N–H and O–H groups in total. The van der Waals surface area contributed by atoms with Gasteiger partial charge in [-0.05, 0) is 31.9 Å². The fraction of sp³-hybridized carbons (Fsp3) is 0.429.